The van der Waals surface area contributed by atoms with Gasteiger partial charge in [-0.25, -0.2) is 0 Å². The SMILES string of the molecule is C=C(CNC1CC1)CSc1nnc(C2CC2)n1C1CC1. The van der Waals surface area contributed by atoms with Gasteiger partial charge in [-0.05, 0) is 38.5 Å². The molecule has 0 aromatic carbocycles. The Morgan fingerprint density at radius 3 is 2.65 bits per heavy atom. The van der Waals surface area contributed by atoms with Crippen molar-refractivity contribution in [1.29, 1.82) is 0 Å². The number of hydrogen-bond donors (Lipinski definition) is 1. The second kappa shape index (κ2) is 5.19. The highest BCUT2D eigenvalue weighted by molar-refractivity contribution is 7.99. The van der Waals surface area contributed by atoms with Gasteiger partial charge in [0.15, 0.2) is 5.16 Å². The van der Waals surface area contributed by atoms with Crippen molar-refractivity contribution < 1.29 is 0 Å². The molecule has 5 heteroatoms. The van der Waals surface area contributed by atoms with Gasteiger partial charge >= 0.3 is 0 Å². The predicted molar refractivity (Wildman–Crippen MR) is 81.2 cm³/mol. The summed E-state index contributed by atoms with van der Waals surface area (Å²) in [5.74, 6) is 2.89. The number of thioether (sulfide) groups is 1. The maximum absolute atomic E-state index is 4.45. The van der Waals surface area contributed by atoms with Gasteiger partial charge in [-0.2, -0.15) is 0 Å². The summed E-state index contributed by atoms with van der Waals surface area (Å²) in [6, 6.07) is 1.44. The second-order valence-electron chi connectivity index (χ2n) is 6.41. The van der Waals surface area contributed by atoms with Gasteiger partial charge in [-0.1, -0.05) is 23.9 Å². The van der Waals surface area contributed by atoms with Gasteiger partial charge in [0.05, 0.1) is 0 Å². The van der Waals surface area contributed by atoms with Crippen LogP contribution in [-0.4, -0.2) is 33.1 Å². The monoisotopic (exact) mass is 290 g/mol. The van der Waals surface area contributed by atoms with E-state index in [1.165, 1.54) is 49.9 Å². The van der Waals surface area contributed by atoms with Gasteiger partial charge in [0.1, 0.15) is 5.82 Å². The highest BCUT2D eigenvalue weighted by Gasteiger charge is 2.36. The topological polar surface area (TPSA) is 42.7 Å². The van der Waals surface area contributed by atoms with Crippen molar-refractivity contribution in [2.24, 2.45) is 0 Å². The van der Waals surface area contributed by atoms with Crippen LogP contribution in [0.5, 0.6) is 0 Å². The highest BCUT2D eigenvalue weighted by atomic mass is 32.2. The molecule has 0 radical (unpaired) electrons. The maximum atomic E-state index is 4.45. The minimum absolute atomic E-state index is 0.681. The van der Waals surface area contributed by atoms with Crippen molar-refractivity contribution in [3.05, 3.63) is 18.0 Å². The van der Waals surface area contributed by atoms with E-state index in [1.807, 2.05) is 11.8 Å². The molecule has 4 rings (SSSR count). The molecular weight excluding hydrogens is 268 g/mol. The normalized spacial score (nSPS) is 22.2. The standard InChI is InChI=1S/C15H22N4S/c1-10(8-16-12-4-5-12)9-20-15-18-17-14(11-2-3-11)19(15)13-6-7-13/h11-13,16H,1-9H2. The van der Waals surface area contributed by atoms with E-state index in [-0.39, 0.29) is 0 Å². The molecule has 1 aromatic heterocycles. The highest BCUT2D eigenvalue weighted by Crippen LogP contribution is 2.46. The lowest BCUT2D eigenvalue weighted by atomic mass is 10.3. The summed E-state index contributed by atoms with van der Waals surface area (Å²) in [7, 11) is 0. The Labute approximate surface area is 124 Å². The Kier molecular flexibility index (Phi) is 3.34. The lowest BCUT2D eigenvalue weighted by molar-refractivity contribution is 0.627. The van der Waals surface area contributed by atoms with E-state index in [4.69, 9.17) is 0 Å². The first-order chi connectivity index (χ1) is 9.81. The second-order valence-corrected chi connectivity index (χ2v) is 7.35. The van der Waals surface area contributed by atoms with E-state index in [1.54, 1.807) is 0 Å². The van der Waals surface area contributed by atoms with E-state index in [0.717, 1.165) is 23.5 Å². The predicted octanol–water partition coefficient (Wildman–Crippen LogP) is 2.89. The molecular formula is C15H22N4S. The average molecular weight is 290 g/mol. The minimum Gasteiger partial charge on any atom is -0.310 e. The van der Waals surface area contributed by atoms with Crippen LogP contribution in [0, 0.1) is 0 Å². The molecule has 0 unspecified atom stereocenters. The minimum atomic E-state index is 0.681. The largest absolute Gasteiger partial charge is 0.310 e. The van der Waals surface area contributed by atoms with Crippen LogP contribution in [0.25, 0.3) is 0 Å². The van der Waals surface area contributed by atoms with Crippen LogP contribution >= 0.6 is 11.8 Å². The third kappa shape index (κ3) is 2.93. The first-order valence-corrected chi connectivity index (χ1v) is 8.77. The van der Waals surface area contributed by atoms with Gasteiger partial charge in [-0.3, -0.25) is 0 Å². The van der Waals surface area contributed by atoms with Gasteiger partial charge in [-0.15, -0.1) is 10.2 Å². The lowest BCUT2D eigenvalue weighted by Gasteiger charge is -2.09. The van der Waals surface area contributed by atoms with Crippen molar-refractivity contribution in [3.63, 3.8) is 0 Å². The molecule has 0 saturated heterocycles. The van der Waals surface area contributed by atoms with Gasteiger partial charge < -0.3 is 9.88 Å². The van der Waals surface area contributed by atoms with Crippen LogP contribution in [0.1, 0.15) is 56.3 Å². The molecule has 108 valence electrons. The van der Waals surface area contributed by atoms with Crippen molar-refractivity contribution in [1.82, 2.24) is 20.1 Å². The van der Waals surface area contributed by atoms with Crippen LogP contribution < -0.4 is 5.32 Å². The molecule has 20 heavy (non-hydrogen) atoms. The summed E-state index contributed by atoms with van der Waals surface area (Å²) in [5.41, 5.74) is 1.26. The number of aromatic nitrogens is 3. The van der Waals surface area contributed by atoms with E-state index in [9.17, 15) is 0 Å². The van der Waals surface area contributed by atoms with Crippen LogP contribution in [0.15, 0.2) is 17.3 Å². The van der Waals surface area contributed by atoms with Crippen molar-refractivity contribution in [2.45, 2.75) is 61.7 Å². The number of nitrogens with one attached hydrogen (secondary N) is 1. The fourth-order valence-corrected chi connectivity index (χ4v) is 3.39. The third-order valence-electron chi connectivity index (χ3n) is 4.17. The molecule has 0 spiro atoms. The molecule has 1 aromatic rings. The van der Waals surface area contributed by atoms with E-state index in [0.29, 0.717) is 12.0 Å². The van der Waals surface area contributed by atoms with Crippen LogP contribution in [0.4, 0.5) is 0 Å². The molecule has 3 aliphatic carbocycles. The Morgan fingerprint density at radius 1 is 1.20 bits per heavy atom. The smallest absolute Gasteiger partial charge is 0.191 e. The molecule has 3 aliphatic rings. The molecule has 1 heterocycles. The molecule has 0 aliphatic heterocycles. The molecule has 0 bridgehead atoms. The van der Waals surface area contributed by atoms with E-state index < -0.39 is 0 Å². The Morgan fingerprint density at radius 2 is 2.00 bits per heavy atom. The van der Waals surface area contributed by atoms with Gasteiger partial charge in [0.2, 0.25) is 0 Å². The van der Waals surface area contributed by atoms with E-state index in [2.05, 4.69) is 26.7 Å². The summed E-state index contributed by atoms with van der Waals surface area (Å²) in [6.07, 6.45) is 7.87. The molecule has 3 saturated carbocycles. The quantitative estimate of drug-likeness (QED) is 0.590. The first-order valence-electron chi connectivity index (χ1n) is 7.79. The van der Waals surface area contributed by atoms with Crippen LogP contribution in [-0.2, 0) is 0 Å². The first kappa shape index (κ1) is 12.9. The number of nitrogens with zero attached hydrogens (tertiary/aromatic N) is 3. The summed E-state index contributed by atoms with van der Waals surface area (Å²) in [5, 5.41) is 13.5. The van der Waals surface area contributed by atoms with Crippen LogP contribution in [0.2, 0.25) is 0 Å². The van der Waals surface area contributed by atoms with Gasteiger partial charge in [0, 0.05) is 30.3 Å². The fourth-order valence-electron chi connectivity index (χ4n) is 2.48. The molecule has 3 fully saturated rings. The molecule has 0 atom stereocenters. The lowest BCUT2D eigenvalue weighted by Crippen LogP contribution is -2.19. The Bertz CT molecular complexity index is 512. The van der Waals surface area contributed by atoms with Crippen molar-refractivity contribution >= 4 is 11.8 Å². The zero-order valence-corrected chi connectivity index (χ0v) is 12.7. The van der Waals surface area contributed by atoms with E-state index >= 15 is 0 Å². The molecule has 1 N–H and O–H groups in total. The fraction of sp³-hybridized carbons (Fsp3) is 0.733. The average Bonchev–Trinajstić information content (AvgIpc) is 3.31. The zero-order chi connectivity index (χ0) is 13.5. The summed E-state index contributed by atoms with van der Waals surface area (Å²) in [6.45, 7) is 5.12. The van der Waals surface area contributed by atoms with Gasteiger partial charge in [0.25, 0.3) is 0 Å². The zero-order valence-electron chi connectivity index (χ0n) is 11.8. The number of rotatable bonds is 8. The summed E-state index contributed by atoms with van der Waals surface area (Å²) >= 11 is 1.81. The summed E-state index contributed by atoms with van der Waals surface area (Å²) < 4.78 is 2.42. The van der Waals surface area contributed by atoms with Crippen molar-refractivity contribution in [2.75, 3.05) is 12.3 Å². The third-order valence-corrected chi connectivity index (χ3v) is 5.26. The number of hydrogen-bond acceptors (Lipinski definition) is 4. The molecule has 0 amide bonds. The Balaban J connectivity index is 1.36. The Hall–Kier alpha value is -0.810. The van der Waals surface area contributed by atoms with Crippen LogP contribution in [0.3, 0.4) is 0 Å². The molecule has 4 nitrogen and oxygen atoms in total. The summed E-state index contributed by atoms with van der Waals surface area (Å²) in [4.78, 5) is 0. The maximum Gasteiger partial charge on any atom is 0.191 e. The van der Waals surface area contributed by atoms with Crippen molar-refractivity contribution in [3.8, 4) is 0 Å².